The number of halogens is 1. The van der Waals surface area contributed by atoms with Gasteiger partial charge in [-0.05, 0) is 47.5 Å². The zero-order chi connectivity index (χ0) is 13.9. The summed E-state index contributed by atoms with van der Waals surface area (Å²) in [6.45, 7) is 2.77. The first-order chi connectivity index (χ1) is 9.04. The van der Waals surface area contributed by atoms with Crippen molar-refractivity contribution >= 4 is 27.6 Å². The molecular weight excluding hydrogens is 308 g/mol. The van der Waals surface area contributed by atoms with E-state index in [1.165, 1.54) is 6.33 Å². The molecule has 6 heteroatoms. The van der Waals surface area contributed by atoms with Crippen LogP contribution in [-0.2, 0) is 0 Å². The highest BCUT2D eigenvalue weighted by atomic mass is 79.9. The maximum Gasteiger partial charge on any atom is 0.146 e. The molecule has 1 aliphatic carbocycles. The minimum Gasteiger partial charge on any atom is -0.388 e. The van der Waals surface area contributed by atoms with E-state index in [4.69, 9.17) is 0 Å². The van der Waals surface area contributed by atoms with Gasteiger partial charge >= 0.3 is 0 Å². The van der Waals surface area contributed by atoms with Crippen molar-refractivity contribution in [2.24, 2.45) is 5.92 Å². The second kappa shape index (κ2) is 6.05. The van der Waals surface area contributed by atoms with Gasteiger partial charge in [0.1, 0.15) is 22.4 Å². The lowest BCUT2D eigenvalue weighted by Gasteiger charge is -2.35. The van der Waals surface area contributed by atoms with Crippen molar-refractivity contribution in [1.82, 2.24) is 9.97 Å². The predicted octanol–water partition coefficient (Wildman–Crippen LogP) is 2.63. The van der Waals surface area contributed by atoms with Crippen LogP contribution in [0.3, 0.4) is 0 Å². The zero-order valence-electron chi connectivity index (χ0n) is 11.4. The van der Waals surface area contributed by atoms with Crippen LogP contribution in [-0.4, -0.2) is 34.3 Å². The molecule has 1 saturated carbocycles. The first-order valence-corrected chi connectivity index (χ1v) is 7.48. The van der Waals surface area contributed by atoms with Crippen LogP contribution in [0.25, 0.3) is 0 Å². The predicted molar refractivity (Wildman–Crippen MR) is 80.4 cm³/mol. The SMILES string of the molecule is CNc1ncnc(NCC2(O)CCC(C)CC2)c1Br. The molecule has 0 bridgehead atoms. The lowest BCUT2D eigenvalue weighted by atomic mass is 9.79. The lowest BCUT2D eigenvalue weighted by Crippen LogP contribution is -2.40. The summed E-state index contributed by atoms with van der Waals surface area (Å²) < 4.78 is 0.797. The van der Waals surface area contributed by atoms with E-state index in [0.29, 0.717) is 12.4 Å². The molecule has 0 aliphatic heterocycles. The molecule has 1 aromatic rings. The van der Waals surface area contributed by atoms with Crippen molar-refractivity contribution in [3.05, 3.63) is 10.8 Å². The molecule has 1 heterocycles. The van der Waals surface area contributed by atoms with Gasteiger partial charge in [-0.1, -0.05) is 6.92 Å². The number of hydrogen-bond donors (Lipinski definition) is 3. The molecule has 0 radical (unpaired) electrons. The fourth-order valence-electron chi connectivity index (χ4n) is 2.39. The van der Waals surface area contributed by atoms with E-state index >= 15 is 0 Å². The van der Waals surface area contributed by atoms with E-state index in [-0.39, 0.29) is 0 Å². The normalized spacial score (nSPS) is 27.1. The van der Waals surface area contributed by atoms with E-state index in [2.05, 4.69) is 43.5 Å². The number of aromatic nitrogens is 2. The standard InChI is InChI=1S/C13H21BrN4O/c1-9-3-5-13(19,6-4-9)7-16-12-10(14)11(15-2)17-8-18-12/h8-9,19H,3-7H2,1-2H3,(H2,15,16,17,18). The molecule has 0 spiro atoms. The summed E-state index contributed by atoms with van der Waals surface area (Å²) in [6.07, 6.45) is 5.38. The first kappa shape index (κ1) is 14.5. The fraction of sp³-hybridized carbons (Fsp3) is 0.692. The summed E-state index contributed by atoms with van der Waals surface area (Å²) in [4.78, 5) is 8.30. The Morgan fingerprint density at radius 2 is 2.00 bits per heavy atom. The molecule has 0 amide bonds. The Morgan fingerprint density at radius 1 is 1.37 bits per heavy atom. The van der Waals surface area contributed by atoms with Gasteiger partial charge in [-0.15, -0.1) is 0 Å². The summed E-state index contributed by atoms with van der Waals surface area (Å²) >= 11 is 3.46. The highest BCUT2D eigenvalue weighted by molar-refractivity contribution is 9.10. The minimum atomic E-state index is -0.614. The zero-order valence-corrected chi connectivity index (χ0v) is 13.0. The van der Waals surface area contributed by atoms with Crippen LogP contribution < -0.4 is 10.6 Å². The van der Waals surface area contributed by atoms with Crippen molar-refractivity contribution in [2.75, 3.05) is 24.2 Å². The topological polar surface area (TPSA) is 70.1 Å². The number of nitrogens with zero attached hydrogens (tertiary/aromatic N) is 2. The van der Waals surface area contributed by atoms with Gasteiger partial charge in [0.2, 0.25) is 0 Å². The summed E-state index contributed by atoms with van der Waals surface area (Å²) in [5, 5.41) is 16.7. The number of rotatable bonds is 4. The van der Waals surface area contributed by atoms with Gasteiger partial charge in [0.15, 0.2) is 0 Å². The van der Waals surface area contributed by atoms with Crippen molar-refractivity contribution in [1.29, 1.82) is 0 Å². The van der Waals surface area contributed by atoms with Crippen LogP contribution in [0.1, 0.15) is 32.6 Å². The molecule has 0 aromatic carbocycles. The van der Waals surface area contributed by atoms with Gasteiger partial charge in [-0.25, -0.2) is 9.97 Å². The monoisotopic (exact) mass is 328 g/mol. The van der Waals surface area contributed by atoms with Gasteiger partial charge in [-0.2, -0.15) is 0 Å². The van der Waals surface area contributed by atoms with Gasteiger partial charge in [0.05, 0.1) is 5.60 Å². The summed E-state index contributed by atoms with van der Waals surface area (Å²) in [5.74, 6) is 2.18. The lowest BCUT2D eigenvalue weighted by molar-refractivity contribution is 0.00493. The Kier molecular flexibility index (Phi) is 4.62. The maximum atomic E-state index is 10.5. The molecular formula is C13H21BrN4O. The minimum absolute atomic E-state index is 0.526. The molecule has 5 nitrogen and oxygen atoms in total. The van der Waals surface area contributed by atoms with Crippen LogP contribution in [0, 0.1) is 5.92 Å². The van der Waals surface area contributed by atoms with Gasteiger partial charge < -0.3 is 15.7 Å². The van der Waals surface area contributed by atoms with Gasteiger partial charge in [0.25, 0.3) is 0 Å². The molecule has 1 aliphatic rings. The highest BCUT2D eigenvalue weighted by Crippen LogP contribution is 2.33. The van der Waals surface area contributed by atoms with E-state index < -0.39 is 5.60 Å². The highest BCUT2D eigenvalue weighted by Gasteiger charge is 2.31. The smallest absolute Gasteiger partial charge is 0.146 e. The molecule has 0 saturated heterocycles. The second-order valence-electron chi connectivity index (χ2n) is 5.40. The second-order valence-corrected chi connectivity index (χ2v) is 6.19. The van der Waals surface area contributed by atoms with E-state index in [9.17, 15) is 5.11 Å². The largest absolute Gasteiger partial charge is 0.388 e. The Hall–Kier alpha value is -0.880. The van der Waals surface area contributed by atoms with Crippen LogP contribution >= 0.6 is 15.9 Å². The molecule has 2 rings (SSSR count). The average Bonchev–Trinajstić information content (AvgIpc) is 2.41. The van der Waals surface area contributed by atoms with Gasteiger partial charge in [-0.3, -0.25) is 0 Å². The van der Waals surface area contributed by atoms with Crippen LogP contribution in [0.15, 0.2) is 10.8 Å². The third-order valence-corrected chi connectivity index (χ3v) is 4.57. The molecule has 19 heavy (non-hydrogen) atoms. The molecule has 3 N–H and O–H groups in total. The number of hydrogen-bond acceptors (Lipinski definition) is 5. The molecule has 0 atom stereocenters. The quantitative estimate of drug-likeness (QED) is 0.792. The third kappa shape index (κ3) is 3.57. The maximum absolute atomic E-state index is 10.5. The average molecular weight is 329 g/mol. The Labute approximate surface area is 122 Å². The number of aliphatic hydroxyl groups is 1. The number of nitrogens with one attached hydrogen (secondary N) is 2. The van der Waals surface area contributed by atoms with Crippen molar-refractivity contribution < 1.29 is 5.11 Å². The number of anilines is 2. The Morgan fingerprint density at radius 3 is 2.63 bits per heavy atom. The summed E-state index contributed by atoms with van der Waals surface area (Å²) in [6, 6.07) is 0. The molecule has 106 valence electrons. The summed E-state index contributed by atoms with van der Waals surface area (Å²) in [5.41, 5.74) is -0.614. The van der Waals surface area contributed by atoms with Crippen molar-refractivity contribution in [2.45, 2.75) is 38.2 Å². The Balaban J connectivity index is 1.99. The van der Waals surface area contributed by atoms with Crippen LogP contribution in [0.4, 0.5) is 11.6 Å². The van der Waals surface area contributed by atoms with Crippen LogP contribution in [0.5, 0.6) is 0 Å². The van der Waals surface area contributed by atoms with E-state index in [1.807, 2.05) is 7.05 Å². The molecule has 1 aromatic heterocycles. The first-order valence-electron chi connectivity index (χ1n) is 6.68. The fourth-order valence-corrected chi connectivity index (χ4v) is 2.94. The molecule has 0 unspecified atom stereocenters. The summed E-state index contributed by atoms with van der Waals surface area (Å²) in [7, 11) is 1.81. The Bertz CT molecular complexity index is 433. The van der Waals surface area contributed by atoms with E-state index in [0.717, 1.165) is 41.9 Å². The van der Waals surface area contributed by atoms with Crippen LogP contribution in [0.2, 0.25) is 0 Å². The molecule has 1 fully saturated rings. The van der Waals surface area contributed by atoms with E-state index in [1.54, 1.807) is 0 Å². The van der Waals surface area contributed by atoms with Gasteiger partial charge in [0, 0.05) is 13.6 Å². The van der Waals surface area contributed by atoms with Crippen molar-refractivity contribution in [3.63, 3.8) is 0 Å². The third-order valence-electron chi connectivity index (χ3n) is 3.82. The van der Waals surface area contributed by atoms with Crippen molar-refractivity contribution in [3.8, 4) is 0 Å².